The predicted octanol–water partition coefficient (Wildman–Crippen LogP) is 3.91. The van der Waals surface area contributed by atoms with Crippen LogP contribution in [0.25, 0.3) is 0 Å². The van der Waals surface area contributed by atoms with Gasteiger partial charge in [-0.25, -0.2) is 9.59 Å². The molecular formula is C19H19ClO4. The molecule has 0 radical (unpaired) electrons. The molecule has 5 heteroatoms. The van der Waals surface area contributed by atoms with Crippen molar-refractivity contribution >= 4 is 23.5 Å². The van der Waals surface area contributed by atoms with Crippen molar-refractivity contribution in [3.63, 3.8) is 0 Å². The van der Waals surface area contributed by atoms with Crippen LogP contribution in [0.5, 0.6) is 0 Å². The minimum Gasteiger partial charge on any atom is -0.465 e. The molecule has 1 aromatic rings. The third kappa shape index (κ3) is 3.60. The molecule has 126 valence electrons. The molecule has 0 amide bonds. The lowest BCUT2D eigenvalue weighted by molar-refractivity contribution is -0.135. The van der Waals surface area contributed by atoms with Crippen LogP contribution in [0.15, 0.2) is 53.6 Å². The van der Waals surface area contributed by atoms with Gasteiger partial charge in [0.25, 0.3) is 0 Å². The second-order valence-corrected chi connectivity index (χ2v) is 5.97. The largest absolute Gasteiger partial charge is 0.465 e. The van der Waals surface area contributed by atoms with Gasteiger partial charge in [-0.3, -0.25) is 0 Å². The van der Waals surface area contributed by atoms with Gasteiger partial charge in [-0.2, -0.15) is 0 Å². The Morgan fingerprint density at radius 3 is 2.62 bits per heavy atom. The SMILES string of the molecule is C=C(/C=C\C1=C(C)Cc2cc(C(=O)OC)ccc2C1Cl)C(=O)OC. The molecule has 0 aromatic heterocycles. The topological polar surface area (TPSA) is 52.6 Å². The molecule has 1 atom stereocenters. The maximum Gasteiger partial charge on any atom is 0.337 e. The van der Waals surface area contributed by atoms with Crippen molar-refractivity contribution < 1.29 is 19.1 Å². The molecule has 0 bridgehead atoms. The maximum atomic E-state index is 11.7. The summed E-state index contributed by atoms with van der Waals surface area (Å²) in [4.78, 5) is 23.1. The highest BCUT2D eigenvalue weighted by atomic mass is 35.5. The second kappa shape index (κ2) is 7.49. The Hall–Kier alpha value is -2.33. The van der Waals surface area contributed by atoms with E-state index in [0.29, 0.717) is 12.0 Å². The number of fused-ring (bicyclic) bond motifs is 1. The van der Waals surface area contributed by atoms with Gasteiger partial charge in [0, 0.05) is 0 Å². The minimum absolute atomic E-state index is 0.258. The Labute approximate surface area is 146 Å². The van der Waals surface area contributed by atoms with Crippen LogP contribution in [-0.2, 0) is 20.7 Å². The fraction of sp³-hybridized carbons (Fsp3) is 0.263. The average Bonchev–Trinajstić information content (AvgIpc) is 2.59. The number of methoxy groups -OCH3 is 2. The van der Waals surface area contributed by atoms with Gasteiger partial charge in [-0.15, -0.1) is 11.6 Å². The minimum atomic E-state index is -0.477. The number of benzene rings is 1. The molecule has 24 heavy (non-hydrogen) atoms. The van der Waals surface area contributed by atoms with Crippen LogP contribution in [-0.4, -0.2) is 26.2 Å². The summed E-state index contributed by atoms with van der Waals surface area (Å²) in [7, 11) is 2.67. The Kier molecular flexibility index (Phi) is 5.62. The van der Waals surface area contributed by atoms with Gasteiger partial charge in [0.2, 0.25) is 0 Å². The van der Waals surface area contributed by atoms with Gasteiger partial charge < -0.3 is 9.47 Å². The van der Waals surface area contributed by atoms with Gasteiger partial charge in [0.15, 0.2) is 0 Å². The van der Waals surface area contributed by atoms with Crippen LogP contribution in [0.3, 0.4) is 0 Å². The Morgan fingerprint density at radius 2 is 2.00 bits per heavy atom. The number of halogens is 1. The zero-order valence-electron chi connectivity index (χ0n) is 13.9. The van der Waals surface area contributed by atoms with E-state index in [2.05, 4.69) is 11.3 Å². The first-order valence-corrected chi connectivity index (χ1v) is 7.82. The van der Waals surface area contributed by atoms with Crippen molar-refractivity contribution in [3.8, 4) is 0 Å². The normalized spacial score (nSPS) is 16.8. The first-order valence-electron chi connectivity index (χ1n) is 7.39. The summed E-state index contributed by atoms with van der Waals surface area (Å²) < 4.78 is 9.38. The van der Waals surface area contributed by atoms with E-state index in [-0.39, 0.29) is 16.9 Å². The lowest BCUT2D eigenvalue weighted by Gasteiger charge is -2.25. The van der Waals surface area contributed by atoms with Gasteiger partial charge in [-0.05, 0) is 48.3 Å². The summed E-state index contributed by atoms with van der Waals surface area (Å²) in [6.07, 6.45) is 4.07. The molecule has 0 spiro atoms. The van der Waals surface area contributed by atoms with E-state index in [4.69, 9.17) is 16.3 Å². The zero-order chi connectivity index (χ0) is 17.9. The smallest absolute Gasteiger partial charge is 0.337 e. The summed E-state index contributed by atoms with van der Waals surface area (Å²) in [5, 5.41) is -0.359. The molecule has 0 N–H and O–H groups in total. The first kappa shape index (κ1) is 18.0. The number of carbonyl (C=O) groups is 2. The molecule has 0 saturated carbocycles. The number of alkyl halides is 1. The second-order valence-electron chi connectivity index (χ2n) is 5.53. The van der Waals surface area contributed by atoms with Gasteiger partial charge in [0.05, 0.1) is 30.7 Å². The van der Waals surface area contributed by atoms with Crippen molar-refractivity contribution in [3.05, 3.63) is 70.3 Å². The molecular weight excluding hydrogens is 328 g/mol. The van der Waals surface area contributed by atoms with Crippen molar-refractivity contribution in [1.29, 1.82) is 0 Å². The molecule has 0 heterocycles. The van der Waals surface area contributed by atoms with Crippen molar-refractivity contribution in [2.75, 3.05) is 14.2 Å². The number of allylic oxidation sites excluding steroid dienone is 3. The van der Waals surface area contributed by atoms with Crippen molar-refractivity contribution in [2.45, 2.75) is 18.7 Å². The molecule has 1 aliphatic rings. The third-order valence-corrected chi connectivity index (χ3v) is 4.44. The van der Waals surface area contributed by atoms with Crippen LogP contribution < -0.4 is 0 Å². The molecule has 0 fully saturated rings. The summed E-state index contributed by atoms with van der Waals surface area (Å²) >= 11 is 6.60. The number of esters is 2. The number of ether oxygens (including phenoxy) is 2. The van der Waals surface area contributed by atoms with Gasteiger partial charge in [0.1, 0.15) is 0 Å². The molecule has 1 aliphatic carbocycles. The average molecular weight is 347 g/mol. The summed E-state index contributed by atoms with van der Waals surface area (Å²) in [5.74, 6) is -0.847. The van der Waals surface area contributed by atoms with E-state index in [9.17, 15) is 9.59 Å². The molecule has 0 saturated heterocycles. The van der Waals surface area contributed by atoms with E-state index in [0.717, 1.165) is 22.3 Å². The highest BCUT2D eigenvalue weighted by Gasteiger charge is 2.24. The number of hydrogen-bond donors (Lipinski definition) is 0. The molecule has 1 unspecified atom stereocenters. The van der Waals surface area contributed by atoms with Crippen LogP contribution in [0, 0.1) is 0 Å². The lowest BCUT2D eigenvalue weighted by atomic mass is 9.85. The summed E-state index contributed by atoms with van der Waals surface area (Å²) in [6, 6.07) is 5.36. The molecule has 2 rings (SSSR count). The van der Waals surface area contributed by atoms with Crippen LogP contribution in [0.4, 0.5) is 0 Å². The summed E-state index contributed by atoms with van der Waals surface area (Å²) in [5.41, 5.74) is 4.69. The Bertz CT molecular complexity index is 759. The first-order chi connectivity index (χ1) is 11.4. The fourth-order valence-corrected chi connectivity index (χ4v) is 3.11. The van der Waals surface area contributed by atoms with Crippen LogP contribution in [0.1, 0.15) is 33.8 Å². The number of rotatable bonds is 4. The lowest BCUT2D eigenvalue weighted by Crippen LogP contribution is -2.11. The van der Waals surface area contributed by atoms with Gasteiger partial charge in [-0.1, -0.05) is 24.3 Å². The predicted molar refractivity (Wildman–Crippen MR) is 93.1 cm³/mol. The number of carbonyl (C=O) groups excluding carboxylic acids is 2. The Morgan fingerprint density at radius 1 is 1.29 bits per heavy atom. The van der Waals surface area contributed by atoms with E-state index in [1.165, 1.54) is 14.2 Å². The zero-order valence-corrected chi connectivity index (χ0v) is 14.6. The maximum absolute atomic E-state index is 11.7. The molecule has 0 aliphatic heterocycles. The summed E-state index contributed by atoms with van der Waals surface area (Å²) in [6.45, 7) is 5.64. The van der Waals surface area contributed by atoms with Crippen LogP contribution >= 0.6 is 11.6 Å². The highest BCUT2D eigenvalue weighted by Crippen LogP contribution is 2.40. The van der Waals surface area contributed by atoms with E-state index >= 15 is 0 Å². The fourth-order valence-electron chi connectivity index (χ4n) is 2.64. The van der Waals surface area contributed by atoms with E-state index < -0.39 is 5.97 Å². The number of hydrogen-bond acceptors (Lipinski definition) is 4. The standard InChI is InChI=1S/C19H19ClO4/c1-11(18(21)23-3)5-7-15-12(2)9-14-10-13(19(22)24-4)6-8-16(14)17(15)20/h5-8,10,17H,1,9H2,2-4H3/b7-5-. The molecule has 1 aromatic carbocycles. The van der Waals surface area contributed by atoms with Crippen molar-refractivity contribution in [1.82, 2.24) is 0 Å². The molecule has 4 nitrogen and oxygen atoms in total. The van der Waals surface area contributed by atoms with Crippen molar-refractivity contribution in [2.24, 2.45) is 0 Å². The van der Waals surface area contributed by atoms with E-state index in [1.54, 1.807) is 18.2 Å². The Balaban J connectivity index is 2.31. The van der Waals surface area contributed by atoms with Gasteiger partial charge >= 0.3 is 11.9 Å². The van der Waals surface area contributed by atoms with Crippen LogP contribution in [0.2, 0.25) is 0 Å². The highest BCUT2D eigenvalue weighted by molar-refractivity contribution is 6.23. The van der Waals surface area contributed by atoms with E-state index in [1.807, 2.05) is 19.1 Å². The monoisotopic (exact) mass is 346 g/mol. The quantitative estimate of drug-likeness (QED) is 0.359. The third-order valence-electron chi connectivity index (χ3n) is 3.97.